The van der Waals surface area contributed by atoms with Gasteiger partial charge in [-0.1, -0.05) is 0 Å². The van der Waals surface area contributed by atoms with E-state index in [4.69, 9.17) is 10.2 Å². The molecule has 0 heterocycles. The number of aliphatic hydroxyl groups excluding tert-OH is 4. The molecule has 1 saturated carbocycles. The van der Waals surface area contributed by atoms with Crippen molar-refractivity contribution in [1.29, 1.82) is 0 Å². The van der Waals surface area contributed by atoms with Crippen LogP contribution in [0.4, 0.5) is 0 Å². The normalized spacial score (nSPS) is 35.8. The van der Waals surface area contributed by atoms with E-state index in [-0.39, 0.29) is 0 Å². The SMILES string of the molecule is CC(=O)N[C@@H]1[C@H]([C@H](O)[C@H](O)CO)C[C@](O)(C(=O)O)C[C@@H]1O. The fraction of sp³-hybridized carbons (Fsp3) is 0.833. The summed E-state index contributed by atoms with van der Waals surface area (Å²) in [5.74, 6) is -3.23. The highest BCUT2D eigenvalue weighted by Crippen LogP contribution is 2.36. The van der Waals surface area contributed by atoms with Crippen molar-refractivity contribution >= 4 is 11.9 Å². The number of amides is 1. The minimum Gasteiger partial charge on any atom is -0.479 e. The quantitative estimate of drug-likeness (QED) is 0.278. The van der Waals surface area contributed by atoms with Gasteiger partial charge in [0.15, 0.2) is 5.60 Å². The van der Waals surface area contributed by atoms with Gasteiger partial charge in [0, 0.05) is 19.3 Å². The second-order valence-corrected chi connectivity index (χ2v) is 5.44. The van der Waals surface area contributed by atoms with Gasteiger partial charge in [0.25, 0.3) is 0 Å². The fourth-order valence-corrected chi connectivity index (χ4v) is 2.70. The first-order valence-electron chi connectivity index (χ1n) is 6.50. The molecule has 0 saturated heterocycles. The lowest BCUT2D eigenvalue weighted by atomic mass is 9.70. The minimum absolute atomic E-state index is 0.484. The van der Waals surface area contributed by atoms with Crippen LogP contribution in [-0.4, -0.2) is 79.1 Å². The van der Waals surface area contributed by atoms with E-state index in [1.165, 1.54) is 6.92 Å². The van der Waals surface area contributed by atoms with Gasteiger partial charge in [-0.2, -0.15) is 0 Å². The fourth-order valence-electron chi connectivity index (χ4n) is 2.70. The van der Waals surface area contributed by atoms with E-state index < -0.39 is 67.2 Å². The van der Waals surface area contributed by atoms with Crippen LogP contribution in [0.2, 0.25) is 0 Å². The third-order valence-electron chi connectivity index (χ3n) is 3.78. The average Bonchev–Trinajstić information content (AvgIpc) is 2.39. The van der Waals surface area contributed by atoms with Gasteiger partial charge in [-0.3, -0.25) is 4.79 Å². The molecule has 1 amide bonds. The van der Waals surface area contributed by atoms with Gasteiger partial charge in [-0.15, -0.1) is 0 Å². The summed E-state index contributed by atoms with van der Waals surface area (Å²) in [5, 5.41) is 59.8. The van der Waals surface area contributed by atoms with E-state index in [0.717, 1.165) is 0 Å². The lowest BCUT2D eigenvalue weighted by molar-refractivity contribution is -0.178. The zero-order valence-electron chi connectivity index (χ0n) is 11.5. The summed E-state index contributed by atoms with van der Waals surface area (Å²) < 4.78 is 0. The molecule has 1 fully saturated rings. The van der Waals surface area contributed by atoms with Crippen LogP contribution in [0.3, 0.4) is 0 Å². The molecule has 0 aromatic heterocycles. The Balaban J connectivity index is 3.07. The smallest absolute Gasteiger partial charge is 0.335 e. The molecular formula is C12H21NO8. The highest BCUT2D eigenvalue weighted by Gasteiger charge is 2.52. The van der Waals surface area contributed by atoms with Crippen LogP contribution in [0.1, 0.15) is 19.8 Å². The van der Waals surface area contributed by atoms with Crippen molar-refractivity contribution in [2.45, 2.75) is 49.7 Å². The Kier molecular flexibility index (Phi) is 5.65. The largest absolute Gasteiger partial charge is 0.479 e. The lowest BCUT2D eigenvalue weighted by Gasteiger charge is -2.44. The van der Waals surface area contributed by atoms with Gasteiger partial charge in [-0.25, -0.2) is 4.79 Å². The standard InChI is InChI=1S/C12H21NO8/c1-5(15)13-9-6(10(18)8(17)4-14)2-12(21,11(19)20)3-7(9)16/h6-10,14,16-18,21H,2-4H2,1H3,(H,13,15)(H,19,20)/t6-,7+,8-,9-,10+,12-/m1/s1. The Hall–Kier alpha value is -1.26. The summed E-state index contributed by atoms with van der Waals surface area (Å²) in [6, 6.07) is -1.04. The van der Waals surface area contributed by atoms with Crippen molar-refractivity contribution in [3.8, 4) is 0 Å². The number of aliphatic carboxylic acids is 1. The Morgan fingerprint density at radius 2 is 1.90 bits per heavy atom. The second kappa shape index (κ2) is 6.67. The van der Waals surface area contributed by atoms with E-state index in [1.807, 2.05) is 0 Å². The molecule has 0 radical (unpaired) electrons. The first kappa shape index (κ1) is 17.8. The van der Waals surface area contributed by atoms with Crippen LogP contribution in [0, 0.1) is 5.92 Å². The molecule has 122 valence electrons. The number of hydrogen-bond acceptors (Lipinski definition) is 7. The maximum absolute atomic E-state index is 11.2. The molecule has 0 aromatic carbocycles. The van der Waals surface area contributed by atoms with Crippen LogP contribution < -0.4 is 5.32 Å². The van der Waals surface area contributed by atoms with Gasteiger partial charge in [0.05, 0.1) is 24.9 Å². The summed E-state index contributed by atoms with van der Waals surface area (Å²) in [4.78, 5) is 22.3. The number of hydrogen-bond donors (Lipinski definition) is 7. The van der Waals surface area contributed by atoms with E-state index in [9.17, 15) is 30.0 Å². The third kappa shape index (κ3) is 3.89. The number of nitrogens with one attached hydrogen (secondary N) is 1. The van der Waals surface area contributed by atoms with Crippen LogP contribution in [-0.2, 0) is 9.59 Å². The molecule has 1 rings (SSSR count). The molecule has 9 nitrogen and oxygen atoms in total. The summed E-state index contributed by atoms with van der Waals surface area (Å²) in [6.07, 6.45) is -5.63. The summed E-state index contributed by atoms with van der Waals surface area (Å²) in [7, 11) is 0. The van der Waals surface area contributed by atoms with Crippen LogP contribution in [0.25, 0.3) is 0 Å². The highest BCUT2D eigenvalue weighted by molar-refractivity contribution is 5.78. The van der Waals surface area contributed by atoms with Gasteiger partial charge in [-0.05, 0) is 6.42 Å². The Morgan fingerprint density at radius 1 is 1.33 bits per heavy atom. The third-order valence-corrected chi connectivity index (χ3v) is 3.78. The van der Waals surface area contributed by atoms with Crippen molar-refractivity contribution in [1.82, 2.24) is 5.32 Å². The monoisotopic (exact) mass is 307 g/mol. The van der Waals surface area contributed by atoms with Crippen molar-refractivity contribution in [2.75, 3.05) is 6.61 Å². The van der Waals surface area contributed by atoms with E-state index >= 15 is 0 Å². The molecular weight excluding hydrogens is 286 g/mol. The number of carbonyl (C=O) groups is 2. The first-order valence-corrected chi connectivity index (χ1v) is 6.50. The zero-order chi connectivity index (χ0) is 16.4. The average molecular weight is 307 g/mol. The van der Waals surface area contributed by atoms with Gasteiger partial charge >= 0.3 is 5.97 Å². The Morgan fingerprint density at radius 3 is 2.33 bits per heavy atom. The minimum atomic E-state index is -2.28. The molecule has 1 aliphatic rings. The Labute approximate surface area is 120 Å². The molecule has 21 heavy (non-hydrogen) atoms. The van der Waals surface area contributed by atoms with Crippen LogP contribution in [0.15, 0.2) is 0 Å². The number of carbonyl (C=O) groups excluding carboxylic acids is 1. The molecule has 0 unspecified atom stereocenters. The number of carboxylic acid groups (broad SMARTS) is 1. The Bertz CT molecular complexity index is 403. The molecule has 0 spiro atoms. The molecule has 0 aliphatic heterocycles. The van der Waals surface area contributed by atoms with Crippen molar-refractivity contribution < 1.29 is 40.2 Å². The maximum atomic E-state index is 11.2. The van der Waals surface area contributed by atoms with Crippen LogP contribution in [0.5, 0.6) is 0 Å². The van der Waals surface area contributed by atoms with E-state index in [0.29, 0.717) is 0 Å². The van der Waals surface area contributed by atoms with Gasteiger partial charge < -0.3 is 36.0 Å². The number of rotatable bonds is 5. The molecule has 0 aromatic rings. The summed E-state index contributed by atoms with van der Waals surface area (Å²) >= 11 is 0. The zero-order valence-corrected chi connectivity index (χ0v) is 11.5. The van der Waals surface area contributed by atoms with Gasteiger partial charge in [0.2, 0.25) is 5.91 Å². The molecule has 9 heteroatoms. The number of aliphatic hydroxyl groups is 5. The topological polar surface area (TPSA) is 168 Å². The summed E-state index contributed by atoms with van der Waals surface area (Å²) in [6.45, 7) is 0.392. The van der Waals surface area contributed by atoms with Crippen molar-refractivity contribution in [2.24, 2.45) is 5.92 Å². The number of carboxylic acids is 1. The van der Waals surface area contributed by atoms with E-state index in [2.05, 4.69) is 5.32 Å². The van der Waals surface area contributed by atoms with Crippen molar-refractivity contribution in [3.05, 3.63) is 0 Å². The van der Waals surface area contributed by atoms with E-state index in [1.54, 1.807) is 0 Å². The predicted octanol–water partition coefficient (Wildman–Crippen LogP) is -3.21. The molecule has 0 bridgehead atoms. The molecule has 6 atom stereocenters. The van der Waals surface area contributed by atoms with Gasteiger partial charge in [0.1, 0.15) is 6.10 Å². The van der Waals surface area contributed by atoms with Crippen molar-refractivity contribution in [3.63, 3.8) is 0 Å². The highest BCUT2D eigenvalue weighted by atomic mass is 16.4. The van der Waals surface area contributed by atoms with Crippen LogP contribution >= 0.6 is 0 Å². The maximum Gasteiger partial charge on any atom is 0.335 e. The molecule has 7 N–H and O–H groups in total. The first-order chi connectivity index (χ1) is 9.62. The lowest BCUT2D eigenvalue weighted by Crippen LogP contribution is -2.62. The predicted molar refractivity (Wildman–Crippen MR) is 68.0 cm³/mol. The second-order valence-electron chi connectivity index (χ2n) is 5.44. The summed E-state index contributed by atoms with van der Waals surface area (Å²) in [5.41, 5.74) is -2.28. The molecule has 1 aliphatic carbocycles.